The van der Waals surface area contributed by atoms with Gasteiger partial charge in [-0.25, -0.2) is 4.98 Å². The maximum absolute atomic E-state index is 5.35. The molecule has 0 spiro atoms. The lowest BCUT2D eigenvalue weighted by Gasteiger charge is -2.16. The Bertz CT molecular complexity index is 368. The van der Waals surface area contributed by atoms with Crippen molar-refractivity contribution in [2.45, 2.75) is 46.6 Å². The third-order valence-electron chi connectivity index (χ3n) is 3.16. The largest absolute Gasteiger partial charge is 0.382 e. The van der Waals surface area contributed by atoms with Gasteiger partial charge in [-0.2, -0.15) is 11.8 Å². The lowest BCUT2D eigenvalue weighted by molar-refractivity contribution is 0.147. The van der Waals surface area contributed by atoms with Gasteiger partial charge in [0.15, 0.2) is 0 Å². The molecule has 4 nitrogen and oxygen atoms in total. The Morgan fingerprint density at radius 3 is 2.95 bits per heavy atom. The molecule has 1 unspecified atom stereocenters. The summed E-state index contributed by atoms with van der Waals surface area (Å²) >= 11 is 2.00. The normalized spacial score (nSPS) is 12.6. The zero-order valence-electron chi connectivity index (χ0n) is 13.3. The summed E-state index contributed by atoms with van der Waals surface area (Å²) in [5.74, 6) is 3.39. The van der Waals surface area contributed by atoms with Crippen molar-refractivity contribution in [3.63, 3.8) is 0 Å². The maximum Gasteiger partial charge on any atom is 0.203 e. The monoisotopic (exact) mass is 299 g/mol. The SMILES string of the molecule is CCOCCCNc1nc(C)cn1C(C)CCSCC. The van der Waals surface area contributed by atoms with Crippen molar-refractivity contribution in [3.8, 4) is 0 Å². The van der Waals surface area contributed by atoms with Crippen LogP contribution < -0.4 is 5.32 Å². The fraction of sp³-hybridized carbons (Fsp3) is 0.800. The molecule has 0 saturated carbocycles. The van der Waals surface area contributed by atoms with Crippen LogP contribution in [-0.2, 0) is 4.74 Å². The molecule has 20 heavy (non-hydrogen) atoms. The molecule has 0 saturated heterocycles. The summed E-state index contributed by atoms with van der Waals surface area (Å²) in [6.45, 7) is 11.1. The van der Waals surface area contributed by atoms with E-state index in [4.69, 9.17) is 4.74 Å². The van der Waals surface area contributed by atoms with Crippen LogP contribution in [0.2, 0.25) is 0 Å². The molecule has 1 aromatic rings. The highest BCUT2D eigenvalue weighted by atomic mass is 32.2. The Labute approximate surface area is 127 Å². The fourth-order valence-electron chi connectivity index (χ4n) is 2.04. The summed E-state index contributed by atoms with van der Waals surface area (Å²) in [4.78, 5) is 4.58. The number of anilines is 1. The first-order valence-electron chi connectivity index (χ1n) is 7.63. The molecule has 1 atom stereocenters. The quantitative estimate of drug-likeness (QED) is 0.632. The van der Waals surface area contributed by atoms with Gasteiger partial charge in [-0.3, -0.25) is 0 Å². The summed E-state index contributed by atoms with van der Waals surface area (Å²) in [5.41, 5.74) is 1.08. The van der Waals surface area contributed by atoms with E-state index in [9.17, 15) is 0 Å². The van der Waals surface area contributed by atoms with Gasteiger partial charge in [0.25, 0.3) is 0 Å². The van der Waals surface area contributed by atoms with E-state index < -0.39 is 0 Å². The van der Waals surface area contributed by atoms with Gasteiger partial charge >= 0.3 is 0 Å². The molecule has 1 N–H and O–H groups in total. The fourth-order valence-corrected chi connectivity index (χ4v) is 2.84. The number of hydrogen-bond acceptors (Lipinski definition) is 4. The number of nitrogens with one attached hydrogen (secondary N) is 1. The van der Waals surface area contributed by atoms with Crippen LogP contribution in [0.15, 0.2) is 6.20 Å². The minimum absolute atomic E-state index is 0.490. The first kappa shape index (κ1) is 17.4. The van der Waals surface area contributed by atoms with Crippen LogP contribution in [0.4, 0.5) is 5.95 Å². The lowest BCUT2D eigenvalue weighted by atomic mass is 10.2. The van der Waals surface area contributed by atoms with Gasteiger partial charge in [-0.05, 0) is 45.1 Å². The topological polar surface area (TPSA) is 39.1 Å². The van der Waals surface area contributed by atoms with Crippen molar-refractivity contribution in [1.82, 2.24) is 9.55 Å². The standard InChI is InChI=1S/C15H29N3OS/c1-5-19-10-7-9-16-15-17-13(3)12-18(15)14(4)8-11-20-6-2/h12,14H,5-11H2,1-4H3,(H,16,17). The summed E-state index contributed by atoms with van der Waals surface area (Å²) in [7, 11) is 0. The number of aryl methyl sites for hydroxylation is 1. The van der Waals surface area contributed by atoms with Crippen LogP contribution in [0, 0.1) is 6.92 Å². The van der Waals surface area contributed by atoms with Gasteiger partial charge < -0.3 is 14.6 Å². The molecule has 0 amide bonds. The number of rotatable bonds is 11. The predicted molar refractivity (Wildman–Crippen MR) is 88.9 cm³/mol. The van der Waals surface area contributed by atoms with Crippen LogP contribution in [0.3, 0.4) is 0 Å². The smallest absolute Gasteiger partial charge is 0.203 e. The van der Waals surface area contributed by atoms with Crippen molar-refractivity contribution in [2.24, 2.45) is 0 Å². The van der Waals surface area contributed by atoms with Crippen LogP contribution in [0.25, 0.3) is 0 Å². The Hall–Kier alpha value is -0.680. The van der Waals surface area contributed by atoms with Crippen molar-refractivity contribution in [1.29, 1.82) is 0 Å². The molecular weight excluding hydrogens is 270 g/mol. The number of aromatic nitrogens is 2. The van der Waals surface area contributed by atoms with E-state index in [1.807, 2.05) is 18.7 Å². The van der Waals surface area contributed by atoms with Gasteiger partial charge in [0.05, 0.1) is 5.69 Å². The molecule has 0 aliphatic rings. The molecule has 5 heteroatoms. The molecule has 0 aliphatic carbocycles. The molecule has 0 aliphatic heterocycles. The van der Waals surface area contributed by atoms with Crippen LogP contribution >= 0.6 is 11.8 Å². The Kier molecular flexibility index (Phi) is 8.78. The summed E-state index contributed by atoms with van der Waals surface area (Å²) < 4.78 is 7.62. The number of thioether (sulfide) groups is 1. The molecule has 1 aromatic heterocycles. The Morgan fingerprint density at radius 1 is 1.45 bits per heavy atom. The van der Waals surface area contributed by atoms with E-state index in [2.05, 4.69) is 41.8 Å². The van der Waals surface area contributed by atoms with Gasteiger partial charge in [0, 0.05) is 32.0 Å². The van der Waals surface area contributed by atoms with Gasteiger partial charge in [-0.1, -0.05) is 6.92 Å². The minimum Gasteiger partial charge on any atom is -0.382 e. The maximum atomic E-state index is 5.35. The molecule has 1 heterocycles. The first-order valence-corrected chi connectivity index (χ1v) is 8.79. The lowest BCUT2D eigenvalue weighted by Crippen LogP contribution is -2.13. The second-order valence-electron chi connectivity index (χ2n) is 4.93. The molecule has 0 fully saturated rings. The Balaban J connectivity index is 2.45. The predicted octanol–water partition coefficient (Wildman–Crippen LogP) is 3.73. The average molecular weight is 299 g/mol. The third kappa shape index (κ3) is 6.18. The summed E-state index contributed by atoms with van der Waals surface area (Å²) in [5, 5.41) is 3.43. The third-order valence-corrected chi connectivity index (χ3v) is 4.10. The number of ether oxygens (including phenoxy) is 1. The number of hydrogen-bond donors (Lipinski definition) is 1. The van der Waals surface area contributed by atoms with Crippen LogP contribution in [0.5, 0.6) is 0 Å². The first-order chi connectivity index (χ1) is 9.69. The molecule has 0 bridgehead atoms. The zero-order chi connectivity index (χ0) is 14.8. The average Bonchev–Trinajstić information content (AvgIpc) is 2.80. The van der Waals surface area contributed by atoms with E-state index in [0.29, 0.717) is 6.04 Å². The van der Waals surface area contributed by atoms with Gasteiger partial charge in [-0.15, -0.1) is 0 Å². The molecule has 0 radical (unpaired) electrons. The van der Waals surface area contributed by atoms with Crippen molar-refractivity contribution < 1.29 is 4.74 Å². The molecule has 0 aromatic carbocycles. The second-order valence-corrected chi connectivity index (χ2v) is 6.32. The summed E-state index contributed by atoms with van der Waals surface area (Å²) in [6, 6.07) is 0.490. The molecule has 1 rings (SSSR count). The van der Waals surface area contributed by atoms with Crippen molar-refractivity contribution in [3.05, 3.63) is 11.9 Å². The van der Waals surface area contributed by atoms with Crippen molar-refractivity contribution in [2.75, 3.05) is 36.6 Å². The Morgan fingerprint density at radius 2 is 2.25 bits per heavy atom. The molecule has 116 valence electrons. The minimum atomic E-state index is 0.490. The van der Waals surface area contributed by atoms with Crippen molar-refractivity contribution >= 4 is 17.7 Å². The highest BCUT2D eigenvalue weighted by Crippen LogP contribution is 2.20. The van der Waals surface area contributed by atoms with Gasteiger partial charge in [0.1, 0.15) is 0 Å². The zero-order valence-corrected chi connectivity index (χ0v) is 14.1. The van der Waals surface area contributed by atoms with Crippen LogP contribution in [0.1, 0.15) is 45.3 Å². The number of nitrogens with zero attached hydrogens (tertiary/aromatic N) is 2. The van der Waals surface area contributed by atoms with Gasteiger partial charge in [0.2, 0.25) is 5.95 Å². The highest BCUT2D eigenvalue weighted by molar-refractivity contribution is 7.99. The van der Waals surface area contributed by atoms with E-state index >= 15 is 0 Å². The second kappa shape index (κ2) is 10.1. The number of imidazole rings is 1. The highest BCUT2D eigenvalue weighted by Gasteiger charge is 2.11. The molecular formula is C15H29N3OS. The van der Waals surface area contributed by atoms with E-state index in [-0.39, 0.29) is 0 Å². The van der Waals surface area contributed by atoms with E-state index in [1.165, 1.54) is 17.9 Å². The van der Waals surface area contributed by atoms with E-state index in [1.54, 1.807) is 0 Å². The van der Waals surface area contributed by atoms with E-state index in [0.717, 1.165) is 37.8 Å². The summed E-state index contributed by atoms with van der Waals surface area (Å²) in [6.07, 6.45) is 4.34. The van der Waals surface area contributed by atoms with Crippen LogP contribution in [-0.4, -0.2) is 40.8 Å².